The molecule has 18 heavy (non-hydrogen) atoms. The highest BCUT2D eigenvalue weighted by Crippen LogP contribution is 2.03. The lowest BCUT2D eigenvalue weighted by atomic mass is 10.3. The lowest BCUT2D eigenvalue weighted by Gasteiger charge is -2.16. The zero-order chi connectivity index (χ0) is 13.4. The van der Waals surface area contributed by atoms with Crippen molar-refractivity contribution in [1.82, 2.24) is 14.9 Å². The summed E-state index contributed by atoms with van der Waals surface area (Å²) in [6.07, 6.45) is 3.87. The van der Waals surface area contributed by atoms with Crippen LogP contribution in [0, 0.1) is 0 Å². The SMILES string of the molecule is CCNc1cnc(C(=O)N(C)CCCOC)cn1. The molecule has 100 valence electrons. The first kappa shape index (κ1) is 14.4. The van der Waals surface area contributed by atoms with Gasteiger partial charge < -0.3 is 15.0 Å². The lowest BCUT2D eigenvalue weighted by Crippen LogP contribution is -2.29. The van der Waals surface area contributed by atoms with E-state index < -0.39 is 0 Å². The summed E-state index contributed by atoms with van der Waals surface area (Å²) in [5.41, 5.74) is 0.358. The third kappa shape index (κ3) is 4.29. The summed E-state index contributed by atoms with van der Waals surface area (Å²) in [7, 11) is 3.39. The van der Waals surface area contributed by atoms with Gasteiger partial charge in [0.25, 0.3) is 5.91 Å². The highest BCUT2D eigenvalue weighted by Gasteiger charge is 2.13. The molecule has 6 nitrogen and oxygen atoms in total. The average molecular weight is 252 g/mol. The van der Waals surface area contributed by atoms with Crippen molar-refractivity contribution in [3.05, 3.63) is 18.1 Å². The average Bonchev–Trinajstić information content (AvgIpc) is 2.39. The Bertz CT molecular complexity index is 367. The first-order chi connectivity index (χ1) is 8.69. The Balaban J connectivity index is 2.54. The molecule has 1 aromatic heterocycles. The zero-order valence-electron chi connectivity index (χ0n) is 11.1. The second-order valence-electron chi connectivity index (χ2n) is 3.89. The molecule has 0 aliphatic heterocycles. The maximum Gasteiger partial charge on any atom is 0.273 e. The van der Waals surface area contributed by atoms with Crippen LogP contribution in [0.2, 0.25) is 0 Å². The number of amides is 1. The summed E-state index contributed by atoms with van der Waals surface area (Å²) in [6.45, 7) is 4.04. The molecule has 0 bridgehead atoms. The van der Waals surface area contributed by atoms with E-state index in [0.717, 1.165) is 13.0 Å². The molecule has 1 heterocycles. The Hall–Kier alpha value is -1.69. The van der Waals surface area contributed by atoms with E-state index in [-0.39, 0.29) is 5.91 Å². The standard InChI is InChI=1S/C12H20N4O2/c1-4-13-11-9-14-10(8-15-11)12(17)16(2)6-5-7-18-3/h8-9H,4-7H2,1-3H3,(H,13,15). The molecule has 0 saturated heterocycles. The van der Waals surface area contributed by atoms with Crippen molar-refractivity contribution in [1.29, 1.82) is 0 Å². The van der Waals surface area contributed by atoms with Crippen LogP contribution in [0.4, 0.5) is 5.82 Å². The topological polar surface area (TPSA) is 67.4 Å². The van der Waals surface area contributed by atoms with Crippen LogP contribution in [0.15, 0.2) is 12.4 Å². The second-order valence-corrected chi connectivity index (χ2v) is 3.89. The number of rotatable bonds is 7. The number of aromatic nitrogens is 2. The Morgan fingerprint density at radius 1 is 1.44 bits per heavy atom. The van der Waals surface area contributed by atoms with Crippen molar-refractivity contribution in [2.24, 2.45) is 0 Å². The van der Waals surface area contributed by atoms with Crippen molar-refractivity contribution in [2.75, 3.05) is 39.2 Å². The van der Waals surface area contributed by atoms with Crippen LogP contribution in [0.5, 0.6) is 0 Å². The molecule has 6 heteroatoms. The molecule has 0 aromatic carbocycles. The van der Waals surface area contributed by atoms with Crippen LogP contribution >= 0.6 is 0 Å². The molecule has 1 N–H and O–H groups in total. The zero-order valence-corrected chi connectivity index (χ0v) is 11.1. The molecule has 0 aliphatic rings. The summed E-state index contributed by atoms with van der Waals surface area (Å²) in [4.78, 5) is 21.8. The van der Waals surface area contributed by atoms with Gasteiger partial charge >= 0.3 is 0 Å². The second kappa shape index (κ2) is 7.60. The largest absolute Gasteiger partial charge is 0.385 e. The van der Waals surface area contributed by atoms with E-state index in [1.807, 2.05) is 6.92 Å². The van der Waals surface area contributed by atoms with Crippen LogP contribution in [-0.2, 0) is 4.74 Å². The molecule has 0 radical (unpaired) electrons. The minimum Gasteiger partial charge on any atom is -0.385 e. The number of anilines is 1. The Kier molecular flexibility index (Phi) is 6.07. The summed E-state index contributed by atoms with van der Waals surface area (Å²) in [5.74, 6) is 0.553. The number of methoxy groups -OCH3 is 1. The van der Waals surface area contributed by atoms with E-state index in [0.29, 0.717) is 24.7 Å². The van der Waals surface area contributed by atoms with E-state index in [9.17, 15) is 4.79 Å². The van der Waals surface area contributed by atoms with Gasteiger partial charge in [0, 0.05) is 33.9 Å². The molecular weight excluding hydrogens is 232 g/mol. The Morgan fingerprint density at radius 2 is 2.22 bits per heavy atom. The van der Waals surface area contributed by atoms with E-state index in [2.05, 4.69) is 15.3 Å². The van der Waals surface area contributed by atoms with Crippen molar-refractivity contribution in [3.63, 3.8) is 0 Å². The summed E-state index contributed by atoms with van der Waals surface area (Å²) in [5, 5.41) is 3.03. The van der Waals surface area contributed by atoms with Gasteiger partial charge in [-0.15, -0.1) is 0 Å². The minimum absolute atomic E-state index is 0.123. The fourth-order valence-corrected chi connectivity index (χ4v) is 1.45. The molecule has 0 saturated carbocycles. The first-order valence-corrected chi connectivity index (χ1v) is 5.99. The lowest BCUT2D eigenvalue weighted by molar-refractivity contribution is 0.0773. The number of nitrogens with zero attached hydrogens (tertiary/aromatic N) is 3. The van der Waals surface area contributed by atoms with Crippen LogP contribution in [0.25, 0.3) is 0 Å². The van der Waals surface area contributed by atoms with Gasteiger partial charge in [0.2, 0.25) is 0 Å². The third-order valence-corrected chi connectivity index (χ3v) is 2.42. The van der Waals surface area contributed by atoms with Gasteiger partial charge in [0.05, 0.1) is 12.4 Å². The van der Waals surface area contributed by atoms with Gasteiger partial charge in [-0.1, -0.05) is 0 Å². The van der Waals surface area contributed by atoms with Crippen LogP contribution in [0.1, 0.15) is 23.8 Å². The maximum atomic E-state index is 12.0. The molecule has 0 unspecified atom stereocenters. The molecule has 0 atom stereocenters. The predicted molar refractivity (Wildman–Crippen MR) is 69.6 cm³/mol. The number of nitrogens with one attached hydrogen (secondary N) is 1. The molecule has 0 fully saturated rings. The van der Waals surface area contributed by atoms with E-state index in [4.69, 9.17) is 4.74 Å². The van der Waals surface area contributed by atoms with Gasteiger partial charge in [-0.2, -0.15) is 0 Å². The van der Waals surface area contributed by atoms with Gasteiger partial charge in [0.15, 0.2) is 0 Å². The molecule has 1 rings (SSSR count). The number of carbonyl (C=O) groups excluding carboxylic acids is 1. The molecule has 0 aliphatic carbocycles. The molecule has 0 spiro atoms. The highest BCUT2D eigenvalue weighted by molar-refractivity contribution is 5.91. The van der Waals surface area contributed by atoms with Crippen molar-refractivity contribution >= 4 is 11.7 Å². The van der Waals surface area contributed by atoms with Crippen molar-refractivity contribution < 1.29 is 9.53 Å². The van der Waals surface area contributed by atoms with Gasteiger partial charge in [-0.25, -0.2) is 9.97 Å². The number of ether oxygens (including phenoxy) is 1. The van der Waals surface area contributed by atoms with Crippen molar-refractivity contribution in [3.8, 4) is 0 Å². The quantitative estimate of drug-likeness (QED) is 0.734. The summed E-state index contributed by atoms with van der Waals surface area (Å²) >= 11 is 0. The van der Waals surface area contributed by atoms with Crippen molar-refractivity contribution in [2.45, 2.75) is 13.3 Å². The maximum absolute atomic E-state index is 12.0. The number of hydrogen-bond acceptors (Lipinski definition) is 5. The van der Waals surface area contributed by atoms with E-state index in [1.165, 1.54) is 6.20 Å². The third-order valence-electron chi connectivity index (χ3n) is 2.42. The van der Waals surface area contributed by atoms with Gasteiger partial charge in [-0.05, 0) is 13.3 Å². The number of carbonyl (C=O) groups is 1. The summed E-state index contributed by atoms with van der Waals surface area (Å²) < 4.78 is 4.95. The monoisotopic (exact) mass is 252 g/mol. The van der Waals surface area contributed by atoms with Crippen LogP contribution in [-0.4, -0.2) is 54.6 Å². The predicted octanol–water partition coefficient (Wildman–Crippen LogP) is 1.02. The van der Waals surface area contributed by atoms with Gasteiger partial charge in [-0.3, -0.25) is 4.79 Å². The van der Waals surface area contributed by atoms with Crippen LogP contribution < -0.4 is 5.32 Å². The Labute approximate surface area is 107 Å². The van der Waals surface area contributed by atoms with E-state index >= 15 is 0 Å². The fourth-order valence-electron chi connectivity index (χ4n) is 1.45. The fraction of sp³-hybridized carbons (Fsp3) is 0.583. The molecule has 1 aromatic rings. The summed E-state index contributed by atoms with van der Waals surface area (Å²) in [6, 6.07) is 0. The Morgan fingerprint density at radius 3 is 2.78 bits per heavy atom. The first-order valence-electron chi connectivity index (χ1n) is 5.99. The minimum atomic E-state index is -0.123. The molecule has 1 amide bonds. The number of hydrogen-bond donors (Lipinski definition) is 1. The van der Waals surface area contributed by atoms with Gasteiger partial charge in [0.1, 0.15) is 11.5 Å². The van der Waals surface area contributed by atoms with E-state index in [1.54, 1.807) is 25.3 Å². The smallest absolute Gasteiger partial charge is 0.273 e. The van der Waals surface area contributed by atoms with Crippen LogP contribution in [0.3, 0.4) is 0 Å². The molecular formula is C12H20N4O2. The normalized spacial score (nSPS) is 10.2. The highest BCUT2D eigenvalue weighted by atomic mass is 16.5.